The molecule has 1 N–H and O–H groups in total. The summed E-state index contributed by atoms with van der Waals surface area (Å²) in [5.74, 6) is 1.64. The van der Waals surface area contributed by atoms with Gasteiger partial charge in [0, 0.05) is 24.7 Å². The molecule has 2 aromatic rings. The minimum absolute atomic E-state index is 0.0413. The van der Waals surface area contributed by atoms with Gasteiger partial charge in [-0.15, -0.1) is 0 Å². The number of ketones is 1. The maximum atomic E-state index is 12.8. The van der Waals surface area contributed by atoms with Gasteiger partial charge in [0.05, 0.1) is 31.3 Å². The van der Waals surface area contributed by atoms with Crippen LogP contribution in [0.3, 0.4) is 0 Å². The summed E-state index contributed by atoms with van der Waals surface area (Å²) in [5, 5.41) is 3.06. The number of rotatable bonds is 8. The lowest BCUT2D eigenvalue weighted by atomic mass is 10.0. The number of benzene rings is 2. The molecule has 1 saturated heterocycles. The van der Waals surface area contributed by atoms with Crippen LogP contribution in [0.1, 0.15) is 30.1 Å². The van der Waals surface area contributed by atoms with E-state index >= 15 is 0 Å². The molecule has 7 nitrogen and oxygen atoms in total. The zero-order valence-electron chi connectivity index (χ0n) is 17.6. The molecule has 0 atom stereocenters. The van der Waals surface area contributed by atoms with Gasteiger partial charge in [-0.25, -0.2) is 8.42 Å². The van der Waals surface area contributed by atoms with E-state index in [0.29, 0.717) is 41.8 Å². The molecule has 2 aromatic carbocycles. The zero-order chi connectivity index (χ0) is 21.7. The summed E-state index contributed by atoms with van der Waals surface area (Å²) in [7, 11) is -0.405. The van der Waals surface area contributed by atoms with Gasteiger partial charge in [0.25, 0.3) is 0 Å². The van der Waals surface area contributed by atoms with Gasteiger partial charge < -0.3 is 14.8 Å². The van der Waals surface area contributed by atoms with Crippen LogP contribution in [0.2, 0.25) is 0 Å². The predicted molar refractivity (Wildman–Crippen MR) is 116 cm³/mol. The van der Waals surface area contributed by atoms with E-state index in [0.717, 1.165) is 12.8 Å². The summed E-state index contributed by atoms with van der Waals surface area (Å²) >= 11 is 0. The van der Waals surface area contributed by atoms with Gasteiger partial charge in [-0.2, -0.15) is 4.31 Å². The third-order valence-electron chi connectivity index (χ3n) is 5.40. The lowest BCUT2D eigenvalue weighted by Crippen LogP contribution is -2.37. The van der Waals surface area contributed by atoms with Gasteiger partial charge in [-0.05, 0) is 55.2 Å². The topological polar surface area (TPSA) is 84.9 Å². The van der Waals surface area contributed by atoms with Crippen molar-refractivity contribution >= 4 is 21.5 Å². The highest BCUT2D eigenvalue weighted by Crippen LogP contribution is 2.29. The molecule has 30 heavy (non-hydrogen) atoms. The number of hydrogen-bond donors (Lipinski definition) is 1. The van der Waals surface area contributed by atoms with Crippen LogP contribution in [-0.4, -0.2) is 52.4 Å². The largest absolute Gasteiger partial charge is 0.497 e. The molecule has 0 spiro atoms. The zero-order valence-corrected chi connectivity index (χ0v) is 18.4. The van der Waals surface area contributed by atoms with Crippen molar-refractivity contribution in [2.45, 2.75) is 24.7 Å². The molecule has 0 radical (unpaired) electrons. The number of methoxy groups -OCH3 is 2. The average molecular weight is 433 g/mol. The first-order valence-electron chi connectivity index (χ1n) is 9.94. The van der Waals surface area contributed by atoms with Crippen molar-refractivity contribution in [2.75, 3.05) is 39.2 Å². The second-order valence-corrected chi connectivity index (χ2v) is 9.39. The first-order valence-corrected chi connectivity index (χ1v) is 11.4. The molecule has 162 valence electrons. The number of sulfonamides is 1. The molecule has 0 amide bonds. The van der Waals surface area contributed by atoms with Crippen molar-refractivity contribution < 1.29 is 22.7 Å². The summed E-state index contributed by atoms with van der Waals surface area (Å²) in [6, 6.07) is 11.4. The maximum absolute atomic E-state index is 12.8. The van der Waals surface area contributed by atoms with Crippen LogP contribution in [-0.2, 0) is 10.0 Å². The smallest absolute Gasteiger partial charge is 0.243 e. The number of ether oxygens (including phenoxy) is 2. The Balaban J connectivity index is 1.67. The first-order chi connectivity index (χ1) is 14.3. The minimum atomic E-state index is -3.52. The molecule has 1 heterocycles. The van der Waals surface area contributed by atoms with Crippen molar-refractivity contribution in [1.82, 2.24) is 4.31 Å². The van der Waals surface area contributed by atoms with E-state index in [9.17, 15) is 13.2 Å². The van der Waals surface area contributed by atoms with Crippen molar-refractivity contribution in [1.29, 1.82) is 0 Å². The molecular formula is C22H28N2O5S. The maximum Gasteiger partial charge on any atom is 0.243 e. The number of carbonyl (C=O) groups excluding carboxylic acids is 1. The number of Topliss-reactive ketones (excluding diaryl/α,β-unsaturated/α-hetero) is 1. The Kier molecular flexibility index (Phi) is 6.99. The van der Waals surface area contributed by atoms with E-state index < -0.39 is 10.0 Å². The third kappa shape index (κ3) is 4.94. The van der Waals surface area contributed by atoms with Gasteiger partial charge >= 0.3 is 0 Å². The fourth-order valence-electron chi connectivity index (χ4n) is 3.42. The molecule has 1 aliphatic heterocycles. The number of hydrogen-bond acceptors (Lipinski definition) is 6. The molecule has 0 aromatic heterocycles. The average Bonchev–Trinajstić information content (AvgIpc) is 2.77. The number of anilines is 1. The summed E-state index contributed by atoms with van der Waals surface area (Å²) in [5.41, 5.74) is 1.08. The highest BCUT2D eigenvalue weighted by Gasteiger charge is 2.28. The van der Waals surface area contributed by atoms with Gasteiger partial charge in [0.1, 0.15) is 11.5 Å². The van der Waals surface area contributed by atoms with Crippen molar-refractivity contribution in [3.05, 3.63) is 48.0 Å². The van der Waals surface area contributed by atoms with Crippen LogP contribution < -0.4 is 14.8 Å². The standard InChI is InChI=1S/C22H28N2O5S/c1-16-10-12-24(13-11-16)30(26,27)19-7-4-17(5-8-19)21(25)15-23-20-14-18(28-2)6-9-22(20)29-3/h4-9,14,16,23H,10-13,15H2,1-3H3. The number of carbonyl (C=O) groups is 1. The third-order valence-corrected chi connectivity index (χ3v) is 7.32. The Labute approximate surface area is 178 Å². The van der Waals surface area contributed by atoms with Crippen LogP contribution in [0.25, 0.3) is 0 Å². The molecule has 1 aliphatic rings. The molecule has 0 unspecified atom stereocenters. The summed E-state index contributed by atoms with van der Waals surface area (Å²) in [6.45, 7) is 3.26. The molecule has 0 aliphatic carbocycles. The van der Waals surface area contributed by atoms with E-state index in [1.807, 2.05) is 0 Å². The van der Waals surface area contributed by atoms with Gasteiger partial charge in [0.2, 0.25) is 10.0 Å². The summed E-state index contributed by atoms with van der Waals surface area (Å²) < 4.78 is 37.7. The second kappa shape index (κ2) is 9.49. The minimum Gasteiger partial charge on any atom is -0.497 e. The van der Waals surface area contributed by atoms with Crippen molar-refractivity contribution in [3.63, 3.8) is 0 Å². The first kappa shape index (κ1) is 22.1. The Bertz CT molecular complexity index is 981. The molecular weight excluding hydrogens is 404 g/mol. The normalized spacial score (nSPS) is 15.6. The Morgan fingerprint density at radius 2 is 1.73 bits per heavy atom. The number of nitrogens with one attached hydrogen (secondary N) is 1. The molecule has 8 heteroatoms. The number of nitrogens with zero attached hydrogens (tertiary/aromatic N) is 1. The van der Waals surface area contributed by atoms with Crippen molar-refractivity contribution in [3.8, 4) is 11.5 Å². The van der Waals surface area contributed by atoms with E-state index in [-0.39, 0.29) is 17.2 Å². The number of piperidine rings is 1. The summed E-state index contributed by atoms with van der Waals surface area (Å²) in [4.78, 5) is 12.8. The van der Waals surface area contributed by atoms with Crippen LogP contribution in [0.15, 0.2) is 47.4 Å². The van der Waals surface area contributed by atoms with Gasteiger partial charge in [0.15, 0.2) is 5.78 Å². The van der Waals surface area contributed by atoms with Crippen molar-refractivity contribution in [2.24, 2.45) is 5.92 Å². The van der Waals surface area contributed by atoms with E-state index in [2.05, 4.69) is 12.2 Å². The summed E-state index contributed by atoms with van der Waals surface area (Å²) in [6.07, 6.45) is 1.74. The van der Waals surface area contributed by atoms with E-state index in [1.165, 1.54) is 16.4 Å². The molecule has 0 bridgehead atoms. The molecule has 3 rings (SSSR count). The quantitative estimate of drug-likeness (QED) is 0.644. The van der Waals surface area contributed by atoms with Crippen LogP contribution in [0, 0.1) is 5.92 Å². The van der Waals surface area contributed by atoms with E-state index in [4.69, 9.17) is 9.47 Å². The lowest BCUT2D eigenvalue weighted by molar-refractivity contribution is 0.101. The van der Waals surface area contributed by atoms with Gasteiger partial charge in [-0.1, -0.05) is 6.92 Å². The van der Waals surface area contributed by atoms with Crippen LogP contribution in [0.5, 0.6) is 11.5 Å². The highest BCUT2D eigenvalue weighted by molar-refractivity contribution is 7.89. The monoisotopic (exact) mass is 432 g/mol. The van der Waals surface area contributed by atoms with Gasteiger partial charge in [-0.3, -0.25) is 4.79 Å². The predicted octanol–water partition coefficient (Wildman–Crippen LogP) is 3.42. The fourth-order valence-corrected chi connectivity index (χ4v) is 4.89. The van der Waals surface area contributed by atoms with Crippen LogP contribution >= 0.6 is 0 Å². The Morgan fingerprint density at radius 1 is 1.07 bits per heavy atom. The van der Waals surface area contributed by atoms with Crippen LogP contribution in [0.4, 0.5) is 5.69 Å². The fraction of sp³-hybridized carbons (Fsp3) is 0.409. The lowest BCUT2D eigenvalue weighted by Gasteiger charge is -2.29. The highest BCUT2D eigenvalue weighted by atomic mass is 32.2. The molecule has 0 saturated carbocycles. The van der Waals surface area contributed by atoms with E-state index in [1.54, 1.807) is 44.6 Å². The SMILES string of the molecule is COc1ccc(OC)c(NCC(=O)c2ccc(S(=O)(=O)N3CCC(C)CC3)cc2)c1. The Morgan fingerprint density at radius 3 is 2.33 bits per heavy atom. The molecule has 1 fully saturated rings. The second-order valence-electron chi connectivity index (χ2n) is 7.45. The Hall–Kier alpha value is -2.58.